The number of rotatable bonds is 4. The minimum atomic E-state index is -0.286. The lowest BCUT2D eigenvalue weighted by Gasteiger charge is -2.17. The number of aryl methyl sites for hydroxylation is 1. The van der Waals surface area contributed by atoms with Crippen LogP contribution in [0.5, 0.6) is 0 Å². The van der Waals surface area contributed by atoms with Gasteiger partial charge in [-0.1, -0.05) is 18.2 Å². The van der Waals surface area contributed by atoms with Gasteiger partial charge in [-0.2, -0.15) is 0 Å². The maximum atomic E-state index is 12.2. The van der Waals surface area contributed by atoms with E-state index in [1.54, 1.807) is 25.2 Å². The molecule has 0 unspecified atom stereocenters. The number of halogens is 1. The number of nitrogens with zero attached hydrogens (tertiary/aromatic N) is 2. The largest absolute Gasteiger partial charge is 0.331 e. The van der Waals surface area contributed by atoms with Crippen LogP contribution in [0.4, 0.5) is 5.69 Å². The van der Waals surface area contributed by atoms with Crippen molar-refractivity contribution in [1.29, 1.82) is 0 Å². The molecule has 2 rings (SSSR count). The fraction of sp³-hybridized carbons (Fsp3) is 0.188. The van der Waals surface area contributed by atoms with Gasteiger partial charge in [0.25, 0.3) is 5.91 Å². The number of para-hydroxylation sites is 1. The van der Waals surface area contributed by atoms with Gasteiger partial charge in [0.05, 0.1) is 12.2 Å². The number of likely N-dealkylation sites (N-methyl/N-ethyl adjacent to an activating group) is 1. The molecule has 0 aliphatic carbocycles. The van der Waals surface area contributed by atoms with Crippen molar-refractivity contribution in [2.45, 2.75) is 6.92 Å². The number of benzene rings is 1. The summed E-state index contributed by atoms with van der Waals surface area (Å²) in [6.07, 6.45) is 0. The maximum Gasteiger partial charge on any atom is 0.272 e. The summed E-state index contributed by atoms with van der Waals surface area (Å²) in [5.74, 6) is -0.554. The Balaban J connectivity index is 1.99. The fourth-order valence-corrected chi connectivity index (χ4v) is 2.28. The first-order valence-corrected chi connectivity index (χ1v) is 7.50. The Morgan fingerprint density at radius 3 is 2.59 bits per heavy atom. The fourth-order valence-electron chi connectivity index (χ4n) is 1.90. The van der Waals surface area contributed by atoms with Gasteiger partial charge in [-0.05, 0) is 47.1 Å². The molecule has 0 spiro atoms. The van der Waals surface area contributed by atoms with Crippen LogP contribution in [0.2, 0.25) is 0 Å². The Labute approximate surface area is 137 Å². The molecule has 2 aromatic rings. The Kier molecular flexibility index (Phi) is 5.27. The third-order valence-corrected chi connectivity index (χ3v) is 3.67. The van der Waals surface area contributed by atoms with Crippen molar-refractivity contribution in [3.63, 3.8) is 0 Å². The molecule has 1 aromatic carbocycles. The first-order chi connectivity index (χ1) is 10.5. The molecule has 6 heteroatoms. The summed E-state index contributed by atoms with van der Waals surface area (Å²) in [6, 6.07) is 12.5. The number of amides is 2. The lowest BCUT2D eigenvalue weighted by Crippen LogP contribution is -2.35. The van der Waals surface area contributed by atoms with Gasteiger partial charge < -0.3 is 10.2 Å². The highest BCUT2D eigenvalue weighted by Crippen LogP contribution is 2.21. The van der Waals surface area contributed by atoms with Gasteiger partial charge in [0.1, 0.15) is 5.69 Å². The van der Waals surface area contributed by atoms with E-state index in [9.17, 15) is 9.59 Å². The van der Waals surface area contributed by atoms with Crippen LogP contribution in [-0.4, -0.2) is 35.3 Å². The molecule has 1 N–H and O–H groups in total. The second-order valence-corrected chi connectivity index (χ2v) is 5.71. The van der Waals surface area contributed by atoms with E-state index in [4.69, 9.17) is 0 Å². The molecule has 114 valence electrons. The minimum absolute atomic E-state index is 0.0458. The number of hydrogen-bond acceptors (Lipinski definition) is 3. The van der Waals surface area contributed by atoms with E-state index in [0.717, 1.165) is 10.2 Å². The van der Waals surface area contributed by atoms with Crippen LogP contribution >= 0.6 is 15.9 Å². The van der Waals surface area contributed by atoms with Crippen molar-refractivity contribution >= 4 is 33.4 Å². The van der Waals surface area contributed by atoms with Gasteiger partial charge in [0.15, 0.2) is 0 Å². The number of aromatic nitrogens is 1. The van der Waals surface area contributed by atoms with E-state index in [2.05, 4.69) is 26.2 Å². The number of nitrogens with one attached hydrogen (secondary N) is 1. The van der Waals surface area contributed by atoms with Crippen molar-refractivity contribution in [2.75, 3.05) is 18.9 Å². The normalized spacial score (nSPS) is 10.1. The smallest absolute Gasteiger partial charge is 0.272 e. The number of anilines is 1. The summed E-state index contributed by atoms with van der Waals surface area (Å²) in [6.45, 7) is 1.77. The molecule has 0 saturated carbocycles. The zero-order valence-electron chi connectivity index (χ0n) is 12.3. The zero-order valence-corrected chi connectivity index (χ0v) is 13.9. The highest BCUT2D eigenvalue weighted by molar-refractivity contribution is 9.10. The van der Waals surface area contributed by atoms with E-state index >= 15 is 0 Å². The molecule has 22 heavy (non-hydrogen) atoms. The van der Waals surface area contributed by atoms with E-state index < -0.39 is 0 Å². The highest BCUT2D eigenvalue weighted by Gasteiger charge is 2.16. The molecule has 0 aliphatic rings. The van der Waals surface area contributed by atoms with Crippen LogP contribution in [-0.2, 0) is 4.79 Å². The number of pyridine rings is 1. The third kappa shape index (κ3) is 4.14. The van der Waals surface area contributed by atoms with Gasteiger partial charge in [-0.25, -0.2) is 4.98 Å². The highest BCUT2D eigenvalue weighted by atomic mass is 79.9. The van der Waals surface area contributed by atoms with Crippen molar-refractivity contribution < 1.29 is 9.59 Å². The van der Waals surface area contributed by atoms with Crippen LogP contribution in [0.3, 0.4) is 0 Å². The summed E-state index contributed by atoms with van der Waals surface area (Å²) in [5, 5.41) is 2.76. The molecule has 2 amide bonds. The Morgan fingerprint density at radius 1 is 1.18 bits per heavy atom. The van der Waals surface area contributed by atoms with E-state index in [1.165, 1.54) is 4.90 Å². The molecule has 1 aromatic heterocycles. The van der Waals surface area contributed by atoms with Crippen LogP contribution in [0.25, 0.3) is 0 Å². The molecule has 0 radical (unpaired) electrons. The van der Waals surface area contributed by atoms with Gasteiger partial charge in [-0.3, -0.25) is 9.59 Å². The summed E-state index contributed by atoms with van der Waals surface area (Å²) >= 11 is 3.36. The average Bonchev–Trinajstić information content (AvgIpc) is 2.48. The van der Waals surface area contributed by atoms with Gasteiger partial charge in [0.2, 0.25) is 5.91 Å². The van der Waals surface area contributed by atoms with E-state index in [0.29, 0.717) is 11.4 Å². The standard InChI is InChI=1S/C16H16BrN3O2/c1-11-6-5-9-14(18-11)16(22)20(2)10-15(21)19-13-8-4-3-7-12(13)17/h3-9H,10H2,1-2H3,(H,19,21). The van der Waals surface area contributed by atoms with Crippen molar-refractivity contribution in [2.24, 2.45) is 0 Å². The predicted molar refractivity (Wildman–Crippen MR) is 88.7 cm³/mol. The Hall–Kier alpha value is -2.21. The quantitative estimate of drug-likeness (QED) is 0.910. The van der Waals surface area contributed by atoms with Crippen molar-refractivity contribution in [1.82, 2.24) is 9.88 Å². The van der Waals surface area contributed by atoms with Gasteiger partial charge in [0, 0.05) is 17.2 Å². The molecular weight excluding hydrogens is 346 g/mol. The second kappa shape index (κ2) is 7.17. The first kappa shape index (κ1) is 16.2. The summed E-state index contributed by atoms with van der Waals surface area (Å²) in [7, 11) is 1.58. The monoisotopic (exact) mass is 361 g/mol. The predicted octanol–water partition coefficient (Wildman–Crippen LogP) is 2.86. The van der Waals surface area contributed by atoms with Gasteiger partial charge in [-0.15, -0.1) is 0 Å². The average molecular weight is 362 g/mol. The maximum absolute atomic E-state index is 12.2. The first-order valence-electron chi connectivity index (χ1n) is 6.71. The third-order valence-electron chi connectivity index (χ3n) is 2.98. The molecule has 0 atom stereocenters. The topological polar surface area (TPSA) is 62.3 Å². The van der Waals surface area contributed by atoms with Crippen LogP contribution in [0.15, 0.2) is 46.9 Å². The summed E-state index contributed by atoms with van der Waals surface area (Å²) in [5.41, 5.74) is 1.76. The number of hydrogen-bond donors (Lipinski definition) is 1. The molecular formula is C16H16BrN3O2. The lowest BCUT2D eigenvalue weighted by atomic mass is 10.3. The van der Waals surface area contributed by atoms with E-state index in [1.807, 2.05) is 31.2 Å². The van der Waals surface area contributed by atoms with Gasteiger partial charge >= 0.3 is 0 Å². The summed E-state index contributed by atoms with van der Waals surface area (Å²) in [4.78, 5) is 29.8. The Morgan fingerprint density at radius 2 is 1.91 bits per heavy atom. The molecule has 0 fully saturated rings. The number of carbonyl (C=O) groups is 2. The lowest BCUT2D eigenvalue weighted by molar-refractivity contribution is -0.116. The van der Waals surface area contributed by atoms with Crippen molar-refractivity contribution in [3.8, 4) is 0 Å². The van der Waals surface area contributed by atoms with Crippen LogP contribution in [0, 0.1) is 6.92 Å². The molecule has 0 bridgehead atoms. The summed E-state index contributed by atoms with van der Waals surface area (Å²) < 4.78 is 0.790. The van der Waals surface area contributed by atoms with E-state index in [-0.39, 0.29) is 18.4 Å². The Bertz CT molecular complexity index is 703. The minimum Gasteiger partial charge on any atom is -0.331 e. The van der Waals surface area contributed by atoms with Crippen LogP contribution in [0.1, 0.15) is 16.2 Å². The number of carbonyl (C=O) groups excluding carboxylic acids is 2. The molecule has 1 heterocycles. The van der Waals surface area contributed by atoms with Crippen molar-refractivity contribution in [3.05, 3.63) is 58.3 Å². The molecule has 0 aliphatic heterocycles. The zero-order chi connectivity index (χ0) is 16.1. The molecule has 5 nitrogen and oxygen atoms in total. The van der Waals surface area contributed by atoms with Crippen LogP contribution < -0.4 is 5.32 Å². The SMILES string of the molecule is Cc1cccc(C(=O)N(C)CC(=O)Nc2ccccc2Br)n1. The molecule has 0 saturated heterocycles. The second-order valence-electron chi connectivity index (χ2n) is 4.85.